The van der Waals surface area contributed by atoms with Gasteiger partial charge in [-0.2, -0.15) is 0 Å². The van der Waals surface area contributed by atoms with Gasteiger partial charge < -0.3 is 5.32 Å². The molecule has 1 unspecified atom stereocenters. The van der Waals surface area contributed by atoms with E-state index in [-0.39, 0.29) is 11.9 Å². The molecule has 0 radical (unpaired) electrons. The van der Waals surface area contributed by atoms with Crippen LogP contribution in [0.4, 0.5) is 0 Å². The van der Waals surface area contributed by atoms with E-state index >= 15 is 0 Å². The predicted octanol–water partition coefficient (Wildman–Crippen LogP) is 4.35. The molecule has 0 saturated heterocycles. The normalized spacial score (nSPS) is 12.0. The first-order valence-corrected chi connectivity index (χ1v) is 9.12. The number of aromatic nitrogens is 1. The minimum Gasteiger partial charge on any atom is -0.349 e. The van der Waals surface area contributed by atoms with Gasteiger partial charge in [0.25, 0.3) is 0 Å². The van der Waals surface area contributed by atoms with Crippen LogP contribution in [0, 0.1) is 0 Å². The van der Waals surface area contributed by atoms with Crippen molar-refractivity contribution in [1.29, 1.82) is 0 Å². The lowest BCUT2D eigenvalue weighted by Gasteiger charge is -2.15. The third-order valence-electron chi connectivity index (χ3n) is 3.90. The van der Waals surface area contributed by atoms with Gasteiger partial charge in [0.05, 0.1) is 11.8 Å². The molecule has 24 heavy (non-hydrogen) atoms. The van der Waals surface area contributed by atoms with Gasteiger partial charge in [0.1, 0.15) is 0 Å². The molecule has 0 aliphatic rings. The van der Waals surface area contributed by atoms with E-state index in [1.54, 1.807) is 24.2 Å². The number of rotatable bonds is 6. The number of benzene rings is 2. The largest absolute Gasteiger partial charge is 0.349 e. The Bertz CT molecular complexity index is 820. The SMILES string of the molecule is CC(NC(=O)CSCc1ccncc1)c1ccc2ccccc2c1. The van der Waals surface area contributed by atoms with Gasteiger partial charge in [-0.15, -0.1) is 11.8 Å². The Morgan fingerprint density at radius 1 is 1.08 bits per heavy atom. The summed E-state index contributed by atoms with van der Waals surface area (Å²) >= 11 is 1.61. The smallest absolute Gasteiger partial charge is 0.230 e. The summed E-state index contributed by atoms with van der Waals surface area (Å²) in [7, 11) is 0. The third kappa shape index (κ3) is 4.36. The van der Waals surface area contributed by atoms with E-state index in [0.717, 1.165) is 11.3 Å². The first kappa shape index (κ1) is 16.5. The molecule has 4 heteroatoms. The summed E-state index contributed by atoms with van der Waals surface area (Å²) in [4.78, 5) is 16.1. The molecule has 0 bridgehead atoms. The monoisotopic (exact) mass is 336 g/mol. The minimum atomic E-state index is 0.00336. The maximum Gasteiger partial charge on any atom is 0.230 e. The van der Waals surface area contributed by atoms with Gasteiger partial charge in [-0.25, -0.2) is 0 Å². The number of nitrogens with zero attached hydrogens (tertiary/aromatic N) is 1. The Hall–Kier alpha value is -2.33. The molecule has 2 aromatic carbocycles. The highest BCUT2D eigenvalue weighted by Gasteiger charge is 2.10. The van der Waals surface area contributed by atoms with Crippen molar-refractivity contribution in [3.05, 3.63) is 78.1 Å². The maximum atomic E-state index is 12.1. The summed E-state index contributed by atoms with van der Waals surface area (Å²) in [5.74, 6) is 1.34. The van der Waals surface area contributed by atoms with E-state index in [9.17, 15) is 4.79 Å². The lowest BCUT2D eigenvalue weighted by molar-refractivity contribution is -0.119. The quantitative estimate of drug-likeness (QED) is 0.728. The average Bonchev–Trinajstić information content (AvgIpc) is 2.62. The number of nitrogens with one attached hydrogen (secondary N) is 1. The Morgan fingerprint density at radius 3 is 2.62 bits per heavy atom. The third-order valence-corrected chi connectivity index (χ3v) is 4.91. The highest BCUT2D eigenvalue weighted by molar-refractivity contribution is 7.99. The van der Waals surface area contributed by atoms with E-state index in [1.165, 1.54) is 16.3 Å². The molecule has 3 aromatic rings. The number of pyridine rings is 1. The van der Waals surface area contributed by atoms with Crippen molar-refractivity contribution in [2.45, 2.75) is 18.7 Å². The van der Waals surface area contributed by atoms with Gasteiger partial charge in [-0.3, -0.25) is 9.78 Å². The second-order valence-electron chi connectivity index (χ2n) is 5.74. The van der Waals surface area contributed by atoms with Crippen LogP contribution in [0.3, 0.4) is 0 Å². The second kappa shape index (κ2) is 7.97. The van der Waals surface area contributed by atoms with Gasteiger partial charge >= 0.3 is 0 Å². The van der Waals surface area contributed by atoms with Crippen LogP contribution >= 0.6 is 11.8 Å². The van der Waals surface area contributed by atoms with Crippen LogP contribution in [-0.2, 0) is 10.5 Å². The Balaban J connectivity index is 1.53. The van der Waals surface area contributed by atoms with Crippen molar-refractivity contribution in [3.8, 4) is 0 Å². The Labute approximate surface area is 146 Å². The summed E-state index contributed by atoms with van der Waals surface area (Å²) < 4.78 is 0. The lowest BCUT2D eigenvalue weighted by atomic mass is 10.0. The van der Waals surface area contributed by atoms with Crippen LogP contribution < -0.4 is 5.32 Å². The fourth-order valence-corrected chi connectivity index (χ4v) is 3.38. The first-order chi connectivity index (χ1) is 11.7. The summed E-state index contributed by atoms with van der Waals surface area (Å²) in [6, 6.07) is 18.5. The minimum absolute atomic E-state index is 0.00336. The van der Waals surface area contributed by atoms with Gasteiger partial charge in [-0.05, 0) is 47.0 Å². The van der Waals surface area contributed by atoms with Crippen LogP contribution in [0.25, 0.3) is 10.8 Å². The Morgan fingerprint density at radius 2 is 1.83 bits per heavy atom. The van der Waals surface area contributed by atoms with Crippen LogP contribution in [0.5, 0.6) is 0 Å². The summed E-state index contributed by atoms with van der Waals surface area (Å²) in [6.07, 6.45) is 3.55. The summed E-state index contributed by atoms with van der Waals surface area (Å²) in [5, 5.41) is 5.49. The van der Waals surface area contributed by atoms with E-state index in [2.05, 4.69) is 40.6 Å². The van der Waals surface area contributed by atoms with E-state index in [4.69, 9.17) is 0 Å². The molecule has 0 aliphatic carbocycles. The second-order valence-corrected chi connectivity index (χ2v) is 6.73. The highest BCUT2D eigenvalue weighted by Crippen LogP contribution is 2.20. The summed E-state index contributed by atoms with van der Waals surface area (Å²) in [5.41, 5.74) is 2.31. The number of carbonyl (C=O) groups is 1. The van der Waals surface area contributed by atoms with Crippen LogP contribution in [0.2, 0.25) is 0 Å². The van der Waals surface area contributed by atoms with Gasteiger partial charge in [0.15, 0.2) is 0 Å². The van der Waals surface area contributed by atoms with Gasteiger partial charge in [-0.1, -0.05) is 36.4 Å². The van der Waals surface area contributed by atoms with Crippen molar-refractivity contribution >= 4 is 28.4 Å². The van der Waals surface area contributed by atoms with Crippen molar-refractivity contribution < 1.29 is 4.79 Å². The molecule has 1 heterocycles. The average molecular weight is 336 g/mol. The van der Waals surface area contributed by atoms with E-state index in [0.29, 0.717) is 5.75 Å². The van der Waals surface area contributed by atoms with Crippen molar-refractivity contribution in [2.75, 3.05) is 5.75 Å². The number of amides is 1. The maximum absolute atomic E-state index is 12.1. The summed E-state index contributed by atoms with van der Waals surface area (Å²) in [6.45, 7) is 2.02. The molecular formula is C20H20N2OS. The topological polar surface area (TPSA) is 42.0 Å². The molecular weight excluding hydrogens is 316 g/mol. The van der Waals surface area contributed by atoms with Gasteiger partial charge in [0, 0.05) is 18.1 Å². The van der Waals surface area contributed by atoms with Crippen molar-refractivity contribution in [2.24, 2.45) is 0 Å². The van der Waals surface area contributed by atoms with Crippen molar-refractivity contribution in [3.63, 3.8) is 0 Å². The predicted molar refractivity (Wildman–Crippen MR) is 101 cm³/mol. The zero-order valence-corrected chi connectivity index (χ0v) is 14.4. The van der Waals surface area contributed by atoms with E-state index < -0.39 is 0 Å². The zero-order chi connectivity index (χ0) is 16.8. The van der Waals surface area contributed by atoms with Gasteiger partial charge in [0.2, 0.25) is 5.91 Å². The fraction of sp³-hybridized carbons (Fsp3) is 0.200. The molecule has 0 saturated carbocycles. The molecule has 1 N–H and O–H groups in total. The molecule has 0 spiro atoms. The molecule has 3 nitrogen and oxygen atoms in total. The van der Waals surface area contributed by atoms with Crippen LogP contribution in [0.15, 0.2) is 67.0 Å². The van der Waals surface area contributed by atoms with Crippen LogP contribution in [-0.4, -0.2) is 16.6 Å². The van der Waals surface area contributed by atoms with Crippen molar-refractivity contribution in [1.82, 2.24) is 10.3 Å². The molecule has 3 rings (SSSR count). The number of thioether (sulfide) groups is 1. The standard InChI is InChI=1S/C20H20N2OS/c1-15(18-7-6-17-4-2-3-5-19(17)12-18)22-20(23)14-24-13-16-8-10-21-11-9-16/h2-12,15H,13-14H2,1H3,(H,22,23). The van der Waals surface area contributed by atoms with E-state index in [1.807, 2.05) is 31.2 Å². The zero-order valence-electron chi connectivity index (χ0n) is 13.6. The lowest BCUT2D eigenvalue weighted by Crippen LogP contribution is -2.28. The highest BCUT2D eigenvalue weighted by atomic mass is 32.2. The fourth-order valence-electron chi connectivity index (χ4n) is 2.58. The number of hydrogen-bond donors (Lipinski definition) is 1. The molecule has 1 amide bonds. The molecule has 1 aromatic heterocycles. The Kier molecular flexibility index (Phi) is 5.49. The number of hydrogen-bond acceptors (Lipinski definition) is 3. The first-order valence-electron chi connectivity index (χ1n) is 7.97. The molecule has 0 aliphatic heterocycles. The molecule has 1 atom stereocenters. The molecule has 122 valence electrons. The molecule has 0 fully saturated rings. The van der Waals surface area contributed by atoms with Crippen LogP contribution in [0.1, 0.15) is 24.1 Å². The number of carbonyl (C=O) groups excluding carboxylic acids is 1. The number of fused-ring (bicyclic) bond motifs is 1.